The van der Waals surface area contributed by atoms with Gasteiger partial charge in [-0.3, -0.25) is 0 Å². The molecule has 0 aliphatic carbocycles. The van der Waals surface area contributed by atoms with Gasteiger partial charge in [0.25, 0.3) is 0 Å². The molecule has 4 heterocycles. The molecule has 4 rings (SSSR count). The Morgan fingerprint density at radius 1 is 1.12 bits per heavy atom. The highest BCUT2D eigenvalue weighted by Gasteiger charge is 2.21. The lowest BCUT2D eigenvalue weighted by molar-refractivity contribution is 0.271. The highest BCUT2D eigenvalue weighted by molar-refractivity contribution is 7.17. The van der Waals surface area contributed by atoms with Crippen LogP contribution in [0.15, 0.2) is 30.0 Å². The molecule has 1 fully saturated rings. The largest absolute Gasteiger partial charge is 0.481 e. The first kappa shape index (κ1) is 16.2. The average Bonchev–Trinajstić information content (AvgIpc) is 3.12. The van der Waals surface area contributed by atoms with E-state index in [0.29, 0.717) is 5.88 Å². The Morgan fingerprint density at radius 2 is 1.96 bits per heavy atom. The number of ether oxygens (including phenoxy) is 1. The van der Waals surface area contributed by atoms with Gasteiger partial charge in [-0.2, -0.15) is 0 Å². The molecular weight excluding hydrogens is 334 g/mol. The number of nitrogens with zero attached hydrogens (tertiary/aromatic N) is 5. The molecule has 0 aromatic carbocycles. The number of likely N-dealkylation sites (N-methyl/N-ethyl adjacent to an activating group) is 1. The Balaban J connectivity index is 1.74. The van der Waals surface area contributed by atoms with Gasteiger partial charge in [0.1, 0.15) is 17.0 Å². The number of pyridine rings is 1. The van der Waals surface area contributed by atoms with Gasteiger partial charge in [-0.25, -0.2) is 15.0 Å². The minimum atomic E-state index is 0.621. The maximum atomic E-state index is 5.17. The SMILES string of the molecule is CCN1CCN(c2ncnc3scc(-c4ccc(OC)nc4)c23)CC1. The van der Waals surface area contributed by atoms with Gasteiger partial charge in [0.05, 0.1) is 12.5 Å². The predicted molar refractivity (Wildman–Crippen MR) is 102 cm³/mol. The van der Waals surface area contributed by atoms with E-state index in [2.05, 4.69) is 37.1 Å². The van der Waals surface area contributed by atoms with Crippen LogP contribution in [0, 0.1) is 0 Å². The quantitative estimate of drug-likeness (QED) is 0.717. The van der Waals surface area contributed by atoms with Gasteiger partial charge in [-0.15, -0.1) is 11.3 Å². The summed E-state index contributed by atoms with van der Waals surface area (Å²) in [4.78, 5) is 19.3. The second kappa shape index (κ2) is 6.93. The lowest BCUT2D eigenvalue weighted by Gasteiger charge is -2.35. The molecule has 0 saturated carbocycles. The van der Waals surface area contributed by atoms with E-state index in [1.807, 2.05) is 18.3 Å². The van der Waals surface area contributed by atoms with Crippen molar-refractivity contribution in [1.82, 2.24) is 19.9 Å². The molecule has 1 aliphatic rings. The summed E-state index contributed by atoms with van der Waals surface area (Å²) >= 11 is 1.65. The number of fused-ring (bicyclic) bond motifs is 1. The van der Waals surface area contributed by atoms with Crippen LogP contribution in [0.2, 0.25) is 0 Å². The summed E-state index contributed by atoms with van der Waals surface area (Å²) in [6.07, 6.45) is 3.53. The van der Waals surface area contributed by atoms with E-state index in [4.69, 9.17) is 4.74 Å². The summed E-state index contributed by atoms with van der Waals surface area (Å²) in [7, 11) is 1.63. The Hall–Kier alpha value is -2.25. The molecule has 130 valence electrons. The van der Waals surface area contributed by atoms with E-state index < -0.39 is 0 Å². The van der Waals surface area contributed by atoms with Crippen LogP contribution in [-0.4, -0.2) is 59.7 Å². The van der Waals surface area contributed by atoms with Gasteiger partial charge in [0, 0.05) is 54.9 Å². The van der Waals surface area contributed by atoms with Crippen LogP contribution >= 0.6 is 11.3 Å². The van der Waals surface area contributed by atoms with Crippen molar-refractivity contribution in [3.8, 4) is 17.0 Å². The molecule has 6 nitrogen and oxygen atoms in total. The maximum Gasteiger partial charge on any atom is 0.212 e. The number of aromatic nitrogens is 3. The first-order valence-corrected chi connectivity index (χ1v) is 9.38. The third-order valence-electron chi connectivity index (χ3n) is 4.73. The van der Waals surface area contributed by atoms with Crippen molar-refractivity contribution in [2.75, 3.05) is 44.7 Å². The van der Waals surface area contributed by atoms with Crippen LogP contribution in [-0.2, 0) is 0 Å². The van der Waals surface area contributed by atoms with Crippen molar-refractivity contribution >= 4 is 27.4 Å². The zero-order valence-corrected chi connectivity index (χ0v) is 15.3. The van der Waals surface area contributed by atoms with Crippen molar-refractivity contribution in [3.05, 3.63) is 30.0 Å². The number of thiophene rings is 1. The fraction of sp³-hybridized carbons (Fsp3) is 0.389. The van der Waals surface area contributed by atoms with Crippen LogP contribution < -0.4 is 9.64 Å². The number of anilines is 1. The highest BCUT2D eigenvalue weighted by Crippen LogP contribution is 2.38. The van der Waals surface area contributed by atoms with Gasteiger partial charge in [0.15, 0.2) is 0 Å². The van der Waals surface area contributed by atoms with Crippen molar-refractivity contribution < 1.29 is 4.74 Å². The Labute approximate surface area is 151 Å². The van der Waals surface area contributed by atoms with Crippen molar-refractivity contribution in [2.45, 2.75) is 6.92 Å². The molecule has 0 atom stereocenters. The first-order chi connectivity index (χ1) is 12.3. The second-order valence-corrected chi connectivity index (χ2v) is 6.90. The lowest BCUT2D eigenvalue weighted by Crippen LogP contribution is -2.46. The summed E-state index contributed by atoms with van der Waals surface area (Å²) in [5, 5.41) is 3.28. The molecule has 3 aromatic rings. The fourth-order valence-corrected chi connectivity index (χ4v) is 4.16. The molecule has 0 bridgehead atoms. The third-order valence-corrected chi connectivity index (χ3v) is 5.61. The van der Waals surface area contributed by atoms with Crippen LogP contribution in [0.1, 0.15) is 6.92 Å². The molecule has 0 spiro atoms. The van der Waals surface area contributed by atoms with Crippen molar-refractivity contribution in [2.24, 2.45) is 0 Å². The summed E-state index contributed by atoms with van der Waals surface area (Å²) < 4.78 is 5.17. The maximum absolute atomic E-state index is 5.17. The normalized spacial score (nSPS) is 15.7. The van der Waals surface area contributed by atoms with Crippen LogP contribution in [0.3, 0.4) is 0 Å². The van der Waals surface area contributed by atoms with Crippen LogP contribution in [0.25, 0.3) is 21.3 Å². The smallest absolute Gasteiger partial charge is 0.212 e. The van der Waals surface area contributed by atoms with E-state index in [-0.39, 0.29) is 0 Å². The van der Waals surface area contributed by atoms with E-state index >= 15 is 0 Å². The Morgan fingerprint density at radius 3 is 2.64 bits per heavy atom. The molecule has 0 unspecified atom stereocenters. The van der Waals surface area contributed by atoms with Crippen molar-refractivity contribution in [1.29, 1.82) is 0 Å². The Bertz CT molecular complexity index is 856. The zero-order valence-electron chi connectivity index (χ0n) is 14.5. The van der Waals surface area contributed by atoms with E-state index in [1.54, 1.807) is 24.8 Å². The van der Waals surface area contributed by atoms with Crippen LogP contribution in [0.4, 0.5) is 5.82 Å². The molecular formula is C18H21N5OS. The minimum absolute atomic E-state index is 0.621. The highest BCUT2D eigenvalue weighted by atomic mass is 32.1. The summed E-state index contributed by atoms with van der Waals surface area (Å²) in [6, 6.07) is 3.93. The summed E-state index contributed by atoms with van der Waals surface area (Å²) in [5.41, 5.74) is 2.21. The van der Waals surface area contributed by atoms with E-state index in [1.165, 1.54) is 0 Å². The predicted octanol–water partition coefficient (Wildman–Crippen LogP) is 2.90. The molecule has 1 saturated heterocycles. The average molecular weight is 355 g/mol. The first-order valence-electron chi connectivity index (χ1n) is 8.50. The van der Waals surface area contributed by atoms with Gasteiger partial charge < -0.3 is 14.5 Å². The molecule has 0 N–H and O–H groups in total. The van der Waals surface area contributed by atoms with Gasteiger partial charge in [-0.05, 0) is 12.6 Å². The van der Waals surface area contributed by atoms with E-state index in [9.17, 15) is 0 Å². The van der Waals surface area contributed by atoms with Gasteiger partial charge in [0.2, 0.25) is 5.88 Å². The third kappa shape index (κ3) is 3.05. The van der Waals surface area contributed by atoms with Gasteiger partial charge >= 0.3 is 0 Å². The Kier molecular flexibility index (Phi) is 4.50. The molecule has 0 amide bonds. The molecule has 7 heteroatoms. The minimum Gasteiger partial charge on any atom is -0.481 e. The molecule has 0 radical (unpaired) electrons. The van der Waals surface area contributed by atoms with E-state index in [0.717, 1.165) is 59.9 Å². The topological polar surface area (TPSA) is 54.4 Å². The summed E-state index contributed by atoms with van der Waals surface area (Å²) in [5.74, 6) is 1.66. The second-order valence-electron chi connectivity index (χ2n) is 6.04. The lowest BCUT2D eigenvalue weighted by atomic mass is 10.1. The number of hydrogen-bond acceptors (Lipinski definition) is 7. The van der Waals surface area contributed by atoms with Crippen molar-refractivity contribution in [3.63, 3.8) is 0 Å². The molecule has 3 aromatic heterocycles. The number of rotatable bonds is 4. The summed E-state index contributed by atoms with van der Waals surface area (Å²) in [6.45, 7) is 7.46. The number of methoxy groups -OCH3 is 1. The van der Waals surface area contributed by atoms with Gasteiger partial charge in [-0.1, -0.05) is 6.92 Å². The zero-order chi connectivity index (χ0) is 17.2. The molecule has 1 aliphatic heterocycles. The fourth-order valence-electron chi connectivity index (χ4n) is 3.25. The molecule has 25 heavy (non-hydrogen) atoms. The number of piperazine rings is 1. The monoisotopic (exact) mass is 355 g/mol. The standard InChI is InChI=1S/C18H21N5OS/c1-3-22-6-8-23(9-7-22)17-16-14(11-25-18(16)21-12-20-17)13-4-5-15(24-2)19-10-13/h4-5,10-12H,3,6-9H2,1-2H3. The van der Waals surface area contributed by atoms with Crippen LogP contribution in [0.5, 0.6) is 5.88 Å². The number of hydrogen-bond donors (Lipinski definition) is 0.